The third-order valence-corrected chi connectivity index (χ3v) is 12.7. The molecule has 2 aromatic carbocycles. The Bertz CT molecular complexity index is 845. The summed E-state index contributed by atoms with van der Waals surface area (Å²) in [7, 11) is -2.39. The van der Waals surface area contributed by atoms with Crippen LogP contribution >= 0.6 is 0 Å². The van der Waals surface area contributed by atoms with E-state index in [2.05, 4.69) is 93.6 Å². The summed E-state index contributed by atoms with van der Waals surface area (Å²) >= 11 is 0. The van der Waals surface area contributed by atoms with Crippen molar-refractivity contribution >= 4 is 18.7 Å². The second kappa shape index (κ2) is 17.1. The molecule has 2 aromatic rings. The topological polar surface area (TPSA) is 27.7 Å². The Balaban J connectivity index is 1.30. The summed E-state index contributed by atoms with van der Waals surface area (Å²) in [4.78, 5) is 0. The summed E-state index contributed by atoms with van der Waals surface area (Å²) in [5, 5.41) is 2.78. The van der Waals surface area contributed by atoms with Gasteiger partial charge in [-0.1, -0.05) is 113 Å². The molecular formula is C34H52O3Si. The highest BCUT2D eigenvalue weighted by atomic mass is 28.4. The standard InChI is InChI=1S/C34H52O3Si/c1-34(2,3)38(31-23-15-13-16-24-31,32-25-17-14-18-26-32)37-30-21-12-10-8-6-4-5-7-9-11-20-28-35-33-27-19-22-29-36-33/h6,8,13-18,23-26,33H,4-5,7,9-12,19-22,27-30H2,1-3H3/b8-6-. The summed E-state index contributed by atoms with van der Waals surface area (Å²) in [6, 6.07) is 21.9. The molecule has 1 saturated heterocycles. The monoisotopic (exact) mass is 536 g/mol. The first-order valence-corrected chi connectivity index (χ1v) is 17.1. The van der Waals surface area contributed by atoms with E-state index < -0.39 is 8.32 Å². The van der Waals surface area contributed by atoms with E-state index in [0.29, 0.717) is 0 Å². The van der Waals surface area contributed by atoms with Crippen LogP contribution in [0.3, 0.4) is 0 Å². The molecule has 0 N–H and O–H groups in total. The van der Waals surface area contributed by atoms with Gasteiger partial charge in [0.25, 0.3) is 8.32 Å². The Morgan fingerprint density at radius 1 is 0.737 bits per heavy atom. The Morgan fingerprint density at radius 2 is 1.29 bits per heavy atom. The number of unbranched alkanes of at least 4 members (excludes halogenated alkanes) is 7. The van der Waals surface area contributed by atoms with Crippen LogP contribution in [-0.4, -0.2) is 34.4 Å². The van der Waals surface area contributed by atoms with Gasteiger partial charge in [-0.2, -0.15) is 0 Å². The summed E-state index contributed by atoms with van der Waals surface area (Å²) in [5.74, 6) is 0. The number of ether oxygens (including phenoxy) is 2. The normalized spacial score (nSPS) is 16.8. The molecule has 1 aliphatic rings. The predicted octanol–water partition coefficient (Wildman–Crippen LogP) is 8.17. The lowest BCUT2D eigenvalue weighted by Gasteiger charge is -2.43. The van der Waals surface area contributed by atoms with Crippen LogP contribution in [0.25, 0.3) is 0 Å². The molecule has 0 spiro atoms. The van der Waals surface area contributed by atoms with E-state index in [-0.39, 0.29) is 11.3 Å². The lowest BCUT2D eigenvalue weighted by molar-refractivity contribution is -0.162. The van der Waals surface area contributed by atoms with Crippen molar-refractivity contribution in [1.29, 1.82) is 0 Å². The van der Waals surface area contributed by atoms with Crippen LogP contribution in [0.2, 0.25) is 5.04 Å². The van der Waals surface area contributed by atoms with E-state index in [1.807, 2.05) is 0 Å². The molecule has 1 heterocycles. The van der Waals surface area contributed by atoms with E-state index in [1.54, 1.807) is 0 Å². The van der Waals surface area contributed by atoms with Gasteiger partial charge < -0.3 is 13.9 Å². The lowest BCUT2D eigenvalue weighted by atomic mass is 10.1. The molecule has 1 aliphatic heterocycles. The molecule has 3 nitrogen and oxygen atoms in total. The van der Waals surface area contributed by atoms with E-state index in [4.69, 9.17) is 13.9 Å². The molecular weight excluding hydrogens is 484 g/mol. The van der Waals surface area contributed by atoms with Crippen molar-refractivity contribution in [1.82, 2.24) is 0 Å². The van der Waals surface area contributed by atoms with Crippen LogP contribution in [0.1, 0.15) is 97.8 Å². The third-order valence-electron chi connectivity index (χ3n) is 7.62. The summed E-state index contributed by atoms with van der Waals surface area (Å²) in [6.07, 6.45) is 19.3. The maximum atomic E-state index is 7.00. The predicted molar refractivity (Wildman–Crippen MR) is 164 cm³/mol. The number of allylic oxidation sites excluding steroid dienone is 2. The van der Waals surface area contributed by atoms with Crippen LogP contribution in [0.4, 0.5) is 0 Å². The highest BCUT2D eigenvalue weighted by Gasteiger charge is 2.49. The summed E-state index contributed by atoms with van der Waals surface area (Å²) in [5.41, 5.74) is 0. The van der Waals surface area contributed by atoms with E-state index >= 15 is 0 Å². The average Bonchev–Trinajstić information content (AvgIpc) is 2.94. The van der Waals surface area contributed by atoms with Crippen LogP contribution in [0.5, 0.6) is 0 Å². The maximum Gasteiger partial charge on any atom is 0.261 e. The van der Waals surface area contributed by atoms with Gasteiger partial charge in [0.05, 0.1) is 0 Å². The zero-order valence-electron chi connectivity index (χ0n) is 24.3. The first-order chi connectivity index (χ1) is 18.5. The summed E-state index contributed by atoms with van der Waals surface area (Å²) < 4.78 is 18.4. The minimum absolute atomic E-state index is 0.0481. The molecule has 4 heteroatoms. The Labute approximate surface area is 234 Å². The quantitative estimate of drug-likeness (QED) is 0.116. The van der Waals surface area contributed by atoms with Gasteiger partial charge in [0, 0.05) is 19.8 Å². The molecule has 0 bridgehead atoms. The maximum absolute atomic E-state index is 7.00. The van der Waals surface area contributed by atoms with Crippen LogP contribution < -0.4 is 10.4 Å². The molecule has 1 unspecified atom stereocenters. The first kappa shape index (κ1) is 30.8. The molecule has 0 aliphatic carbocycles. The van der Waals surface area contributed by atoms with Crippen LogP contribution in [0.15, 0.2) is 72.8 Å². The fraction of sp³-hybridized carbons (Fsp3) is 0.588. The zero-order valence-corrected chi connectivity index (χ0v) is 25.3. The molecule has 1 atom stereocenters. The van der Waals surface area contributed by atoms with E-state index in [0.717, 1.165) is 45.5 Å². The number of rotatable bonds is 17. The SMILES string of the molecule is CC(C)(C)[Si](OCCCC/C=C\CCCCCCCOC1CCCCO1)(c1ccccc1)c1ccccc1. The highest BCUT2D eigenvalue weighted by Crippen LogP contribution is 2.36. The fourth-order valence-electron chi connectivity index (χ4n) is 5.54. The average molecular weight is 537 g/mol. The molecule has 3 rings (SSSR count). The van der Waals surface area contributed by atoms with Gasteiger partial charge in [0.2, 0.25) is 0 Å². The minimum atomic E-state index is -2.39. The molecule has 0 amide bonds. The second-order valence-corrected chi connectivity index (χ2v) is 16.0. The van der Waals surface area contributed by atoms with Crippen molar-refractivity contribution < 1.29 is 13.9 Å². The Morgan fingerprint density at radius 3 is 1.87 bits per heavy atom. The van der Waals surface area contributed by atoms with Gasteiger partial charge in [-0.3, -0.25) is 0 Å². The molecule has 0 aromatic heterocycles. The fourth-order valence-corrected chi connectivity index (χ4v) is 10.1. The second-order valence-electron chi connectivity index (χ2n) is 11.7. The number of benzene rings is 2. The van der Waals surface area contributed by atoms with Crippen LogP contribution in [0, 0.1) is 0 Å². The van der Waals surface area contributed by atoms with Crippen molar-refractivity contribution in [2.75, 3.05) is 19.8 Å². The van der Waals surface area contributed by atoms with Gasteiger partial charge >= 0.3 is 0 Å². The van der Waals surface area contributed by atoms with Gasteiger partial charge in [0.15, 0.2) is 6.29 Å². The Hall–Kier alpha value is -1.72. The number of hydrogen-bond donors (Lipinski definition) is 0. The molecule has 38 heavy (non-hydrogen) atoms. The van der Waals surface area contributed by atoms with Gasteiger partial charge in [-0.25, -0.2) is 0 Å². The van der Waals surface area contributed by atoms with Gasteiger partial charge in [-0.15, -0.1) is 0 Å². The van der Waals surface area contributed by atoms with Crippen LogP contribution in [-0.2, 0) is 13.9 Å². The number of hydrogen-bond acceptors (Lipinski definition) is 3. The van der Waals surface area contributed by atoms with Crippen molar-refractivity contribution in [3.8, 4) is 0 Å². The minimum Gasteiger partial charge on any atom is -0.407 e. The lowest BCUT2D eigenvalue weighted by Crippen LogP contribution is -2.66. The molecule has 1 fully saturated rings. The first-order valence-electron chi connectivity index (χ1n) is 15.2. The smallest absolute Gasteiger partial charge is 0.261 e. The van der Waals surface area contributed by atoms with Crippen molar-refractivity contribution in [3.05, 3.63) is 72.8 Å². The van der Waals surface area contributed by atoms with Crippen molar-refractivity contribution in [3.63, 3.8) is 0 Å². The van der Waals surface area contributed by atoms with Gasteiger partial charge in [0.1, 0.15) is 0 Å². The van der Waals surface area contributed by atoms with Crippen molar-refractivity contribution in [2.45, 2.75) is 109 Å². The zero-order chi connectivity index (χ0) is 26.9. The Kier molecular flexibility index (Phi) is 13.8. The molecule has 210 valence electrons. The molecule has 0 radical (unpaired) electrons. The third kappa shape index (κ3) is 9.79. The van der Waals surface area contributed by atoms with E-state index in [1.165, 1.54) is 61.7 Å². The van der Waals surface area contributed by atoms with E-state index in [9.17, 15) is 0 Å². The molecule has 0 saturated carbocycles. The van der Waals surface area contributed by atoms with Crippen molar-refractivity contribution in [2.24, 2.45) is 0 Å². The van der Waals surface area contributed by atoms with Gasteiger partial charge in [-0.05, 0) is 73.2 Å². The largest absolute Gasteiger partial charge is 0.407 e. The highest BCUT2D eigenvalue weighted by molar-refractivity contribution is 6.99. The summed E-state index contributed by atoms with van der Waals surface area (Å²) in [6.45, 7) is 9.59.